The molecule has 0 atom stereocenters. The molecule has 1 fully saturated rings. The fraction of sp³-hybridized carbons (Fsp3) is 0.423. The van der Waals surface area contributed by atoms with Gasteiger partial charge in [0.1, 0.15) is 17.5 Å². The van der Waals surface area contributed by atoms with Crippen molar-refractivity contribution >= 4 is 29.1 Å². The zero-order valence-electron chi connectivity index (χ0n) is 20.4. The minimum atomic E-state index is -0.485. The maximum atomic E-state index is 13.3. The Morgan fingerprint density at radius 1 is 1.26 bits per heavy atom. The Bertz CT molecular complexity index is 1160. The van der Waals surface area contributed by atoms with E-state index in [0.29, 0.717) is 17.9 Å². The number of rotatable bonds is 8. The van der Waals surface area contributed by atoms with Crippen LogP contribution in [0, 0.1) is 5.82 Å². The molecular formula is C26H32ClFN6O. The molecular weight excluding hydrogens is 467 g/mol. The summed E-state index contributed by atoms with van der Waals surface area (Å²) in [5.41, 5.74) is 1.49. The van der Waals surface area contributed by atoms with Crippen LogP contribution in [0.4, 0.5) is 16.0 Å². The summed E-state index contributed by atoms with van der Waals surface area (Å²) in [4.78, 5) is 21.9. The Morgan fingerprint density at radius 2 is 2.03 bits per heavy atom. The van der Waals surface area contributed by atoms with E-state index in [9.17, 15) is 9.18 Å². The summed E-state index contributed by atoms with van der Waals surface area (Å²) >= 11 is 6.02. The monoisotopic (exact) mass is 498 g/mol. The molecule has 0 aliphatic carbocycles. The number of anilines is 2. The van der Waals surface area contributed by atoms with E-state index < -0.39 is 11.7 Å². The van der Waals surface area contributed by atoms with Crippen LogP contribution >= 0.6 is 11.6 Å². The summed E-state index contributed by atoms with van der Waals surface area (Å²) in [5, 5.41) is 7.27. The summed E-state index contributed by atoms with van der Waals surface area (Å²) in [6.45, 7) is 7.38. The number of halogens is 2. The number of carbonyl (C=O) groups excluding carboxylic acids is 1. The minimum absolute atomic E-state index is 0.0660. The van der Waals surface area contributed by atoms with Gasteiger partial charge >= 0.3 is 0 Å². The van der Waals surface area contributed by atoms with Gasteiger partial charge in [0.15, 0.2) is 0 Å². The third-order valence-electron chi connectivity index (χ3n) is 6.52. The number of hydrogen-bond acceptors (Lipinski definition) is 5. The third-order valence-corrected chi connectivity index (χ3v) is 6.83. The standard InChI is InChI=1S/C26H32ClFN6O/c1-18(2)34-17-19(16-29-34)9-12-33-13-10-21(11-14-33)32(3)25-6-4-5-24(30-25)31-26(35)22-8-7-20(28)15-23(22)27/h4-8,15-18,21H,9-14H2,1-3H3,(H,30,31,35). The molecule has 186 valence electrons. The lowest BCUT2D eigenvalue weighted by Crippen LogP contribution is -2.44. The Morgan fingerprint density at radius 3 is 2.71 bits per heavy atom. The van der Waals surface area contributed by atoms with Crippen molar-refractivity contribution in [3.8, 4) is 0 Å². The molecule has 0 radical (unpaired) electrons. The van der Waals surface area contributed by atoms with Crippen LogP contribution in [-0.4, -0.2) is 58.3 Å². The second-order valence-corrected chi connectivity index (χ2v) is 9.72. The molecule has 3 aromatic rings. The first-order chi connectivity index (χ1) is 16.8. The summed E-state index contributed by atoms with van der Waals surface area (Å²) in [5.74, 6) is 0.322. The summed E-state index contributed by atoms with van der Waals surface area (Å²) in [7, 11) is 2.05. The maximum absolute atomic E-state index is 13.3. The second kappa shape index (κ2) is 11.2. The van der Waals surface area contributed by atoms with Crippen LogP contribution < -0.4 is 10.2 Å². The number of carbonyl (C=O) groups is 1. The van der Waals surface area contributed by atoms with Crippen molar-refractivity contribution in [1.82, 2.24) is 19.7 Å². The molecule has 3 heterocycles. The van der Waals surface area contributed by atoms with Crippen LogP contribution in [0.15, 0.2) is 48.8 Å². The van der Waals surface area contributed by atoms with Crippen molar-refractivity contribution < 1.29 is 9.18 Å². The molecule has 4 rings (SSSR count). The molecule has 1 aromatic carbocycles. The highest BCUT2D eigenvalue weighted by Crippen LogP contribution is 2.23. The predicted octanol–water partition coefficient (Wildman–Crippen LogP) is 5.05. The van der Waals surface area contributed by atoms with Crippen LogP contribution in [0.2, 0.25) is 5.02 Å². The van der Waals surface area contributed by atoms with Gasteiger partial charge in [0.25, 0.3) is 5.91 Å². The first-order valence-electron chi connectivity index (χ1n) is 12.0. The average molecular weight is 499 g/mol. The van der Waals surface area contributed by atoms with Gasteiger partial charge in [-0.25, -0.2) is 9.37 Å². The number of nitrogens with zero attached hydrogens (tertiary/aromatic N) is 5. The lowest BCUT2D eigenvalue weighted by molar-refractivity contribution is 0.102. The zero-order chi connectivity index (χ0) is 24.9. The quantitative estimate of drug-likeness (QED) is 0.471. The number of pyridine rings is 1. The normalized spacial score (nSPS) is 14.9. The predicted molar refractivity (Wildman–Crippen MR) is 138 cm³/mol. The van der Waals surface area contributed by atoms with Crippen LogP contribution in [-0.2, 0) is 6.42 Å². The van der Waals surface area contributed by atoms with Gasteiger partial charge in [-0.05, 0) is 69.0 Å². The SMILES string of the molecule is CC(C)n1cc(CCN2CCC(N(C)c3cccc(NC(=O)c4ccc(F)cc4Cl)n3)CC2)cn1. The highest BCUT2D eigenvalue weighted by atomic mass is 35.5. The smallest absolute Gasteiger partial charge is 0.258 e. The van der Waals surface area contributed by atoms with Crippen molar-refractivity contribution in [2.45, 2.75) is 45.2 Å². The van der Waals surface area contributed by atoms with Crippen molar-refractivity contribution in [2.75, 3.05) is 36.9 Å². The number of likely N-dealkylation sites (tertiary alicyclic amines) is 1. The first kappa shape index (κ1) is 25.1. The molecule has 1 aliphatic rings. The molecule has 1 amide bonds. The van der Waals surface area contributed by atoms with Crippen LogP contribution in [0.3, 0.4) is 0 Å². The molecule has 0 saturated carbocycles. The van der Waals surface area contributed by atoms with E-state index in [0.717, 1.165) is 50.8 Å². The summed E-state index contributed by atoms with van der Waals surface area (Å²) < 4.78 is 15.3. The molecule has 9 heteroatoms. The van der Waals surface area contributed by atoms with E-state index in [1.165, 1.54) is 17.7 Å². The Kier molecular flexibility index (Phi) is 8.03. The molecule has 35 heavy (non-hydrogen) atoms. The molecule has 2 aromatic heterocycles. The fourth-order valence-electron chi connectivity index (χ4n) is 4.34. The van der Waals surface area contributed by atoms with Gasteiger partial charge in [-0.1, -0.05) is 17.7 Å². The minimum Gasteiger partial charge on any atom is -0.357 e. The summed E-state index contributed by atoms with van der Waals surface area (Å²) in [6.07, 6.45) is 7.22. The summed E-state index contributed by atoms with van der Waals surface area (Å²) in [6, 6.07) is 10.0. The Hall–Kier alpha value is -2.97. The van der Waals surface area contributed by atoms with E-state index in [1.807, 2.05) is 30.1 Å². The third kappa shape index (κ3) is 6.38. The van der Waals surface area contributed by atoms with Gasteiger partial charge in [0.2, 0.25) is 0 Å². The van der Waals surface area contributed by atoms with Gasteiger partial charge in [-0.15, -0.1) is 0 Å². The number of hydrogen-bond donors (Lipinski definition) is 1. The van der Waals surface area contributed by atoms with E-state index in [1.54, 1.807) is 6.07 Å². The molecule has 1 aliphatic heterocycles. The van der Waals surface area contributed by atoms with Crippen molar-refractivity contribution in [3.63, 3.8) is 0 Å². The van der Waals surface area contributed by atoms with Gasteiger partial charge in [-0.3, -0.25) is 9.48 Å². The van der Waals surface area contributed by atoms with E-state index in [-0.39, 0.29) is 10.6 Å². The van der Waals surface area contributed by atoms with Crippen LogP contribution in [0.1, 0.15) is 48.7 Å². The molecule has 0 unspecified atom stereocenters. The lowest BCUT2D eigenvalue weighted by Gasteiger charge is -2.37. The van der Waals surface area contributed by atoms with Crippen molar-refractivity contribution in [2.24, 2.45) is 0 Å². The van der Waals surface area contributed by atoms with E-state index >= 15 is 0 Å². The molecule has 1 N–H and O–H groups in total. The molecule has 0 bridgehead atoms. The molecule has 7 nitrogen and oxygen atoms in total. The molecule has 0 spiro atoms. The number of aromatic nitrogens is 3. The Labute approximate surface area is 210 Å². The fourth-order valence-corrected chi connectivity index (χ4v) is 4.59. The van der Waals surface area contributed by atoms with Crippen molar-refractivity contribution in [3.05, 3.63) is 70.8 Å². The number of benzene rings is 1. The largest absolute Gasteiger partial charge is 0.357 e. The van der Waals surface area contributed by atoms with Gasteiger partial charge in [-0.2, -0.15) is 5.10 Å². The highest BCUT2D eigenvalue weighted by molar-refractivity contribution is 6.34. The van der Waals surface area contributed by atoms with Crippen LogP contribution in [0.5, 0.6) is 0 Å². The average Bonchev–Trinajstić information content (AvgIpc) is 3.32. The number of amides is 1. The van der Waals surface area contributed by atoms with Gasteiger partial charge in [0.05, 0.1) is 16.8 Å². The molecule has 1 saturated heterocycles. The van der Waals surface area contributed by atoms with Crippen molar-refractivity contribution in [1.29, 1.82) is 0 Å². The van der Waals surface area contributed by atoms with E-state index in [4.69, 9.17) is 11.6 Å². The van der Waals surface area contributed by atoms with Gasteiger partial charge in [0, 0.05) is 45.0 Å². The lowest BCUT2D eigenvalue weighted by atomic mass is 10.0. The highest BCUT2D eigenvalue weighted by Gasteiger charge is 2.23. The topological polar surface area (TPSA) is 66.3 Å². The van der Waals surface area contributed by atoms with Crippen LogP contribution in [0.25, 0.3) is 0 Å². The zero-order valence-corrected chi connectivity index (χ0v) is 21.2. The van der Waals surface area contributed by atoms with E-state index in [2.05, 4.69) is 45.2 Å². The number of nitrogens with one attached hydrogen (secondary N) is 1. The Balaban J connectivity index is 1.30. The first-order valence-corrected chi connectivity index (χ1v) is 12.4. The van der Waals surface area contributed by atoms with Gasteiger partial charge < -0.3 is 15.1 Å². The second-order valence-electron chi connectivity index (χ2n) is 9.32. The number of piperidine rings is 1. The maximum Gasteiger partial charge on any atom is 0.258 e.